The van der Waals surface area contributed by atoms with Gasteiger partial charge in [-0.3, -0.25) is 14.5 Å². The van der Waals surface area contributed by atoms with Crippen LogP contribution in [0.15, 0.2) is 18.2 Å². The molecule has 0 radical (unpaired) electrons. The normalized spacial score (nSPS) is 16.2. The highest BCUT2D eigenvalue weighted by Gasteiger charge is 2.26. The number of benzene rings is 1. The molecule has 1 aliphatic rings. The van der Waals surface area contributed by atoms with Crippen LogP contribution < -0.4 is 10.2 Å². The number of nitrogens with one attached hydrogen (secondary N) is 1. The molecule has 16 heavy (non-hydrogen) atoms. The lowest BCUT2D eigenvalue weighted by atomic mass is 10.1. The van der Waals surface area contributed by atoms with Crippen LogP contribution in [0.4, 0.5) is 5.69 Å². The van der Waals surface area contributed by atoms with Crippen LogP contribution >= 0.6 is 11.6 Å². The molecule has 1 N–H and O–H groups in total. The van der Waals surface area contributed by atoms with Crippen molar-refractivity contribution in [2.75, 3.05) is 18.0 Å². The van der Waals surface area contributed by atoms with Crippen molar-refractivity contribution in [3.63, 3.8) is 0 Å². The zero-order chi connectivity index (χ0) is 11.7. The summed E-state index contributed by atoms with van der Waals surface area (Å²) < 4.78 is 0. The molecule has 84 valence electrons. The number of hydrogen-bond donors (Lipinski definition) is 1. The number of halogens is 1. The summed E-state index contributed by atoms with van der Waals surface area (Å²) in [6.07, 6.45) is 0. The van der Waals surface area contributed by atoms with Gasteiger partial charge in [0.15, 0.2) is 0 Å². The molecule has 1 fully saturated rings. The molecule has 2 amide bonds. The topological polar surface area (TPSA) is 49.4 Å². The summed E-state index contributed by atoms with van der Waals surface area (Å²) >= 11 is 6.05. The first-order chi connectivity index (χ1) is 7.59. The van der Waals surface area contributed by atoms with Crippen LogP contribution in [0, 0.1) is 6.92 Å². The largest absolute Gasteiger partial charge is 0.345 e. The molecule has 0 aromatic heterocycles. The zero-order valence-electron chi connectivity index (χ0n) is 8.79. The van der Waals surface area contributed by atoms with E-state index in [4.69, 9.17) is 11.6 Å². The first-order valence-corrected chi connectivity index (χ1v) is 5.29. The maximum atomic E-state index is 11.7. The van der Waals surface area contributed by atoms with E-state index < -0.39 is 0 Å². The van der Waals surface area contributed by atoms with Crippen LogP contribution in [-0.2, 0) is 9.59 Å². The molecule has 0 aliphatic carbocycles. The Balaban J connectivity index is 2.42. The predicted octanol–water partition coefficient (Wildman–Crippen LogP) is 1.11. The minimum absolute atomic E-state index is 0.0312. The number of carbonyl (C=O) groups excluding carboxylic acids is 2. The van der Waals surface area contributed by atoms with E-state index >= 15 is 0 Å². The van der Waals surface area contributed by atoms with Crippen molar-refractivity contribution in [3.05, 3.63) is 28.8 Å². The average Bonchev–Trinajstić information content (AvgIpc) is 2.23. The van der Waals surface area contributed by atoms with Gasteiger partial charge in [-0.15, -0.1) is 0 Å². The quantitative estimate of drug-likeness (QED) is 0.797. The van der Waals surface area contributed by atoms with Crippen LogP contribution in [0.25, 0.3) is 0 Å². The van der Waals surface area contributed by atoms with E-state index in [1.807, 2.05) is 19.1 Å². The summed E-state index contributed by atoms with van der Waals surface area (Å²) in [6, 6.07) is 5.39. The second-order valence-corrected chi connectivity index (χ2v) is 4.07. The Bertz CT molecular complexity index is 439. The number of piperazine rings is 1. The molecular weight excluding hydrogens is 228 g/mol. The van der Waals surface area contributed by atoms with Gasteiger partial charge in [0.2, 0.25) is 11.8 Å². The maximum Gasteiger partial charge on any atom is 0.246 e. The summed E-state index contributed by atoms with van der Waals surface area (Å²) in [5, 5.41) is 2.99. The fourth-order valence-electron chi connectivity index (χ4n) is 1.73. The highest BCUT2D eigenvalue weighted by molar-refractivity contribution is 6.34. The number of para-hydroxylation sites is 1. The monoisotopic (exact) mass is 238 g/mol. The van der Waals surface area contributed by atoms with Crippen molar-refractivity contribution in [2.24, 2.45) is 0 Å². The van der Waals surface area contributed by atoms with Crippen molar-refractivity contribution >= 4 is 29.1 Å². The van der Waals surface area contributed by atoms with Crippen LogP contribution in [0.5, 0.6) is 0 Å². The Hall–Kier alpha value is -1.55. The highest BCUT2D eigenvalue weighted by atomic mass is 35.5. The minimum Gasteiger partial charge on any atom is -0.345 e. The second kappa shape index (κ2) is 4.14. The van der Waals surface area contributed by atoms with Crippen molar-refractivity contribution in [1.29, 1.82) is 0 Å². The molecule has 1 aliphatic heterocycles. The summed E-state index contributed by atoms with van der Waals surface area (Å²) in [4.78, 5) is 24.4. The molecule has 4 nitrogen and oxygen atoms in total. The van der Waals surface area contributed by atoms with Crippen LogP contribution in [0.3, 0.4) is 0 Å². The van der Waals surface area contributed by atoms with Crippen molar-refractivity contribution in [2.45, 2.75) is 6.92 Å². The Morgan fingerprint density at radius 2 is 2.12 bits per heavy atom. The van der Waals surface area contributed by atoms with E-state index in [0.717, 1.165) is 5.56 Å². The van der Waals surface area contributed by atoms with Crippen LogP contribution in [-0.4, -0.2) is 24.9 Å². The summed E-state index contributed by atoms with van der Waals surface area (Å²) in [5.41, 5.74) is 1.51. The number of aryl methyl sites for hydroxylation is 1. The Kier molecular flexibility index (Phi) is 2.83. The Morgan fingerprint density at radius 3 is 2.81 bits per heavy atom. The van der Waals surface area contributed by atoms with Gasteiger partial charge < -0.3 is 5.32 Å². The fourth-order valence-corrected chi connectivity index (χ4v) is 2.05. The van der Waals surface area contributed by atoms with Gasteiger partial charge >= 0.3 is 0 Å². The van der Waals surface area contributed by atoms with Gasteiger partial charge in [0.05, 0.1) is 17.3 Å². The number of hydrogen-bond acceptors (Lipinski definition) is 2. The summed E-state index contributed by atoms with van der Waals surface area (Å²) in [7, 11) is 0. The van der Waals surface area contributed by atoms with Crippen molar-refractivity contribution in [1.82, 2.24) is 5.32 Å². The molecular formula is C11H11ClN2O2. The van der Waals surface area contributed by atoms with Gasteiger partial charge in [-0.1, -0.05) is 23.7 Å². The van der Waals surface area contributed by atoms with Crippen molar-refractivity contribution in [3.8, 4) is 0 Å². The van der Waals surface area contributed by atoms with E-state index in [0.29, 0.717) is 10.7 Å². The van der Waals surface area contributed by atoms with Gasteiger partial charge in [0.1, 0.15) is 6.54 Å². The molecule has 0 atom stereocenters. The third-order valence-electron chi connectivity index (χ3n) is 2.50. The molecule has 5 heteroatoms. The molecule has 2 rings (SSSR count). The highest BCUT2D eigenvalue weighted by Crippen LogP contribution is 2.29. The second-order valence-electron chi connectivity index (χ2n) is 3.66. The maximum absolute atomic E-state index is 11.7. The number of rotatable bonds is 1. The van der Waals surface area contributed by atoms with E-state index in [1.54, 1.807) is 6.07 Å². The van der Waals surface area contributed by atoms with E-state index in [9.17, 15) is 9.59 Å². The smallest absolute Gasteiger partial charge is 0.246 e. The third-order valence-corrected chi connectivity index (χ3v) is 2.80. The lowest BCUT2D eigenvalue weighted by Crippen LogP contribution is -2.52. The first-order valence-electron chi connectivity index (χ1n) is 4.92. The minimum atomic E-state index is -0.168. The summed E-state index contributed by atoms with van der Waals surface area (Å²) in [5.74, 6) is -0.310. The Morgan fingerprint density at radius 1 is 1.38 bits per heavy atom. The predicted molar refractivity (Wildman–Crippen MR) is 61.6 cm³/mol. The van der Waals surface area contributed by atoms with Gasteiger partial charge in [0, 0.05) is 0 Å². The molecule has 1 saturated heterocycles. The number of carbonyl (C=O) groups is 2. The average molecular weight is 239 g/mol. The van der Waals surface area contributed by atoms with Crippen LogP contribution in [0.1, 0.15) is 5.56 Å². The van der Waals surface area contributed by atoms with Gasteiger partial charge in [0.25, 0.3) is 0 Å². The van der Waals surface area contributed by atoms with Gasteiger partial charge in [-0.05, 0) is 18.6 Å². The van der Waals surface area contributed by atoms with Gasteiger partial charge in [-0.25, -0.2) is 0 Å². The fraction of sp³-hybridized carbons (Fsp3) is 0.273. The first kappa shape index (κ1) is 11.0. The molecule has 1 heterocycles. The van der Waals surface area contributed by atoms with Crippen LogP contribution in [0.2, 0.25) is 5.02 Å². The lowest BCUT2D eigenvalue weighted by molar-refractivity contribution is -0.128. The molecule has 1 aromatic rings. The number of anilines is 1. The molecule has 0 unspecified atom stereocenters. The van der Waals surface area contributed by atoms with E-state index in [-0.39, 0.29) is 24.9 Å². The molecule has 1 aromatic carbocycles. The number of nitrogens with zero attached hydrogens (tertiary/aromatic N) is 1. The third kappa shape index (κ3) is 1.88. The van der Waals surface area contributed by atoms with Crippen molar-refractivity contribution < 1.29 is 9.59 Å². The standard InChI is InChI=1S/C11H11ClN2O2/c1-7-3-2-4-8(12)11(7)14-6-9(15)13-5-10(14)16/h2-4H,5-6H2,1H3,(H,13,15). The van der Waals surface area contributed by atoms with Gasteiger partial charge in [-0.2, -0.15) is 0 Å². The Labute approximate surface area is 98.2 Å². The number of amides is 2. The molecule has 0 saturated carbocycles. The lowest BCUT2D eigenvalue weighted by Gasteiger charge is -2.28. The zero-order valence-corrected chi connectivity index (χ0v) is 9.54. The van der Waals surface area contributed by atoms with E-state index in [2.05, 4.69) is 5.32 Å². The molecule has 0 spiro atoms. The molecule has 0 bridgehead atoms. The SMILES string of the molecule is Cc1cccc(Cl)c1N1CC(=O)NCC1=O. The van der Waals surface area contributed by atoms with E-state index in [1.165, 1.54) is 4.90 Å². The summed E-state index contributed by atoms with van der Waals surface area (Å²) in [6.45, 7) is 1.92.